The lowest BCUT2D eigenvalue weighted by atomic mass is 9.86. The van der Waals surface area contributed by atoms with Crippen LogP contribution in [0.3, 0.4) is 0 Å². The highest BCUT2D eigenvalue weighted by atomic mass is 16.6. The zero-order valence-electron chi connectivity index (χ0n) is 17.4. The van der Waals surface area contributed by atoms with Gasteiger partial charge in [-0.25, -0.2) is 4.79 Å². The van der Waals surface area contributed by atoms with Crippen LogP contribution < -0.4 is 0 Å². The first kappa shape index (κ1) is 22.7. The number of amides is 1. The van der Waals surface area contributed by atoms with Crippen molar-refractivity contribution in [3.8, 4) is 0 Å². The predicted molar refractivity (Wildman–Crippen MR) is 107 cm³/mol. The summed E-state index contributed by atoms with van der Waals surface area (Å²) in [6, 6.07) is 9.49. The average molecular weight is 405 g/mol. The molecule has 7 nitrogen and oxygen atoms in total. The summed E-state index contributed by atoms with van der Waals surface area (Å²) in [6.07, 6.45) is 1.31. The molecule has 29 heavy (non-hydrogen) atoms. The Morgan fingerprint density at radius 1 is 1.14 bits per heavy atom. The van der Waals surface area contributed by atoms with Crippen molar-refractivity contribution >= 4 is 18.0 Å². The minimum absolute atomic E-state index is 0.133. The summed E-state index contributed by atoms with van der Waals surface area (Å²) in [5, 5.41) is 9.48. The highest BCUT2D eigenvalue weighted by molar-refractivity contribution is 5.79. The monoisotopic (exact) mass is 405 g/mol. The standard InChI is InChI=1S/C22H31NO6/c1-22(2,3)29-19(24)14-18(20(25)26)13-16-9-11-23(12-10-16)21(27)28-15-17-7-5-4-6-8-17/h4-8,16,18H,9-15H2,1-3H3,(H,25,26)/t18-/m1/s1. The summed E-state index contributed by atoms with van der Waals surface area (Å²) < 4.78 is 10.6. The fourth-order valence-electron chi connectivity index (χ4n) is 3.42. The molecule has 1 amide bonds. The first-order valence-corrected chi connectivity index (χ1v) is 10.0. The summed E-state index contributed by atoms with van der Waals surface area (Å²) >= 11 is 0. The summed E-state index contributed by atoms with van der Waals surface area (Å²) in [6.45, 7) is 6.55. The molecule has 1 aromatic rings. The lowest BCUT2D eigenvalue weighted by molar-refractivity contribution is -0.160. The molecule has 0 aromatic heterocycles. The van der Waals surface area contributed by atoms with Crippen molar-refractivity contribution in [2.45, 2.75) is 58.7 Å². The molecule has 1 aliphatic heterocycles. The molecular weight excluding hydrogens is 374 g/mol. The van der Waals surface area contributed by atoms with E-state index in [-0.39, 0.29) is 25.0 Å². The first-order valence-electron chi connectivity index (χ1n) is 10.0. The number of aliphatic carboxylic acids is 1. The number of benzene rings is 1. The van der Waals surface area contributed by atoms with Gasteiger partial charge in [0, 0.05) is 13.1 Å². The Kier molecular flexibility index (Phi) is 8.05. The van der Waals surface area contributed by atoms with E-state index in [0.29, 0.717) is 32.4 Å². The van der Waals surface area contributed by atoms with Crippen LogP contribution in [-0.4, -0.2) is 46.7 Å². The van der Waals surface area contributed by atoms with E-state index in [1.807, 2.05) is 30.3 Å². The third-order valence-electron chi connectivity index (χ3n) is 4.88. The second-order valence-electron chi connectivity index (χ2n) is 8.53. The van der Waals surface area contributed by atoms with Crippen LogP contribution in [0, 0.1) is 11.8 Å². The van der Waals surface area contributed by atoms with Gasteiger partial charge >= 0.3 is 18.0 Å². The molecule has 1 saturated heterocycles. The topological polar surface area (TPSA) is 93.1 Å². The number of piperidine rings is 1. The van der Waals surface area contributed by atoms with Gasteiger partial charge in [0.2, 0.25) is 0 Å². The zero-order chi connectivity index (χ0) is 21.4. The molecular formula is C22H31NO6. The molecule has 7 heteroatoms. The third kappa shape index (κ3) is 8.13. The second-order valence-corrected chi connectivity index (χ2v) is 8.53. The molecule has 1 aromatic carbocycles. The van der Waals surface area contributed by atoms with Crippen LogP contribution in [0.4, 0.5) is 4.79 Å². The number of nitrogens with zero attached hydrogens (tertiary/aromatic N) is 1. The van der Waals surface area contributed by atoms with Gasteiger partial charge in [0.15, 0.2) is 0 Å². The SMILES string of the molecule is CC(C)(C)OC(=O)C[C@@H](CC1CCN(C(=O)OCc2ccccc2)CC1)C(=O)O. The van der Waals surface area contributed by atoms with Gasteiger partial charge in [-0.15, -0.1) is 0 Å². The minimum atomic E-state index is -0.986. The summed E-state index contributed by atoms with van der Waals surface area (Å²) in [7, 11) is 0. The molecule has 0 radical (unpaired) electrons. The van der Waals surface area contributed by atoms with E-state index in [1.54, 1.807) is 25.7 Å². The molecule has 2 rings (SSSR count). The van der Waals surface area contributed by atoms with Gasteiger partial charge < -0.3 is 19.5 Å². The number of carboxylic acid groups (broad SMARTS) is 1. The second kappa shape index (κ2) is 10.3. The number of ether oxygens (including phenoxy) is 2. The predicted octanol–water partition coefficient (Wildman–Crippen LogP) is 3.86. The fourth-order valence-corrected chi connectivity index (χ4v) is 3.42. The number of hydrogen-bond donors (Lipinski definition) is 1. The average Bonchev–Trinajstić information content (AvgIpc) is 2.65. The van der Waals surface area contributed by atoms with E-state index in [0.717, 1.165) is 5.56 Å². The van der Waals surface area contributed by atoms with E-state index >= 15 is 0 Å². The maximum Gasteiger partial charge on any atom is 0.410 e. The Hall–Kier alpha value is -2.57. The Labute approximate surface area is 172 Å². The summed E-state index contributed by atoms with van der Waals surface area (Å²) in [5.74, 6) is -2.10. The molecule has 0 spiro atoms. The smallest absolute Gasteiger partial charge is 0.410 e. The van der Waals surface area contributed by atoms with Gasteiger partial charge in [-0.2, -0.15) is 0 Å². The van der Waals surface area contributed by atoms with Gasteiger partial charge in [-0.3, -0.25) is 9.59 Å². The van der Waals surface area contributed by atoms with Crippen LogP contribution in [0.15, 0.2) is 30.3 Å². The maximum atomic E-state index is 12.2. The number of likely N-dealkylation sites (tertiary alicyclic amines) is 1. The van der Waals surface area contributed by atoms with Gasteiger partial charge in [0.25, 0.3) is 0 Å². The van der Waals surface area contributed by atoms with Crippen molar-refractivity contribution in [2.75, 3.05) is 13.1 Å². The Morgan fingerprint density at radius 3 is 2.31 bits per heavy atom. The minimum Gasteiger partial charge on any atom is -0.481 e. The van der Waals surface area contributed by atoms with Crippen LogP contribution >= 0.6 is 0 Å². The molecule has 1 heterocycles. The van der Waals surface area contributed by atoms with Crippen molar-refractivity contribution in [2.24, 2.45) is 11.8 Å². The van der Waals surface area contributed by atoms with Crippen molar-refractivity contribution < 1.29 is 29.0 Å². The van der Waals surface area contributed by atoms with E-state index in [4.69, 9.17) is 9.47 Å². The van der Waals surface area contributed by atoms with Crippen LogP contribution in [0.2, 0.25) is 0 Å². The number of hydrogen-bond acceptors (Lipinski definition) is 5. The molecule has 1 atom stereocenters. The fraction of sp³-hybridized carbons (Fsp3) is 0.591. The van der Waals surface area contributed by atoms with Crippen LogP contribution in [0.5, 0.6) is 0 Å². The normalized spacial score (nSPS) is 16.2. The molecule has 0 bridgehead atoms. The quantitative estimate of drug-likeness (QED) is 0.693. The lowest BCUT2D eigenvalue weighted by Gasteiger charge is -2.32. The lowest BCUT2D eigenvalue weighted by Crippen LogP contribution is -2.39. The van der Waals surface area contributed by atoms with Gasteiger partial charge in [0.1, 0.15) is 12.2 Å². The molecule has 1 aliphatic rings. The van der Waals surface area contributed by atoms with Crippen molar-refractivity contribution in [1.29, 1.82) is 0 Å². The molecule has 0 unspecified atom stereocenters. The number of esters is 1. The van der Waals surface area contributed by atoms with Gasteiger partial charge in [-0.1, -0.05) is 30.3 Å². The molecule has 1 fully saturated rings. The van der Waals surface area contributed by atoms with E-state index in [9.17, 15) is 19.5 Å². The van der Waals surface area contributed by atoms with Crippen LogP contribution in [-0.2, 0) is 25.7 Å². The summed E-state index contributed by atoms with van der Waals surface area (Å²) in [5.41, 5.74) is 0.299. The zero-order valence-corrected chi connectivity index (χ0v) is 17.4. The number of rotatable bonds is 7. The Morgan fingerprint density at radius 2 is 1.76 bits per heavy atom. The summed E-state index contributed by atoms with van der Waals surface area (Å²) in [4.78, 5) is 37.5. The van der Waals surface area contributed by atoms with Crippen molar-refractivity contribution in [3.63, 3.8) is 0 Å². The van der Waals surface area contributed by atoms with E-state index in [1.165, 1.54) is 0 Å². The Bertz CT molecular complexity index is 689. The van der Waals surface area contributed by atoms with Crippen molar-refractivity contribution in [3.05, 3.63) is 35.9 Å². The van der Waals surface area contributed by atoms with E-state index in [2.05, 4.69) is 0 Å². The third-order valence-corrected chi connectivity index (χ3v) is 4.88. The van der Waals surface area contributed by atoms with Crippen molar-refractivity contribution in [1.82, 2.24) is 4.90 Å². The highest BCUT2D eigenvalue weighted by Gasteiger charge is 2.31. The maximum absolute atomic E-state index is 12.2. The van der Waals surface area contributed by atoms with Crippen LogP contribution in [0.25, 0.3) is 0 Å². The van der Waals surface area contributed by atoms with E-state index < -0.39 is 23.5 Å². The van der Waals surface area contributed by atoms with Crippen LogP contribution in [0.1, 0.15) is 52.0 Å². The number of carboxylic acids is 1. The molecule has 0 aliphatic carbocycles. The molecule has 1 N–H and O–H groups in total. The highest BCUT2D eigenvalue weighted by Crippen LogP contribution is 2.27. The largest absolute Gasteiger partial charge is 0.481 e. The molecule has 0 saturated carbocycles. The van der Waals surface area contributed by atoms with Gasteiger partial charge in [0.05, 0.1) is 12.3 Å². The first-order chi connectivity index (χ1) is 13.6. The Balaban J connectivity index is 1.77. The number of carbonyl (C=O) groups is 3. The molecule has 160 valence electrons. The number of carbonyl (C=O) groups excluding carboxylic acids is 2. The van der Waals surface area contributed by atoms with Gasteiger partial charge in [-0.05, 0) is 51.5 Å².